The molecule has 2 aromatic carbocycles. The average Bonchev–Trinajstić information content (AvgIpc) is 3.03. The number of phenols is 1. The van der Waals surface area contributed by atoms with E-state index in [1.54, 1.807) is 24.3 Å². The van der Waals surface area contributed by atoms with Crippen molar-refractivity contribution >= 4 is 17.6 Å². The summed E-state index contributed by atoms with van der Waals surface area (Å²) in [5.41, 5.74) is 2.19. The van der Waals surface area contributed by atoms with Gasteiger partial charge in [-0.25, -0.2) is 9.78 Å². The van der Waals surface area contributed by atoms with E-state index in [-0.39, 0.29) is 12.3 Å². The number of rotatable bonds is 6. The van der Waals surface area contributed by atoms with Crippen LogP contribution in [0.4, 0.5) is 0 Å². The molecule has 0 aliphatic rings. The van der Waals surface area contributed by atoms with Crippen molar-refractivity contribution < 1.29 is 19.1 Å². The Balaban J connectivity index is 1.79. The van der Waals surface area contributed by atoms with E-state index < -0.39 is 12.0 Å². The summed E-state index contributed by atoms with van der Waals surface area (Å²) in [7, 11) is 1.31. The predicted molar refractivity (Wildman–Crippen MR) is 101 cm³/mol. The number of carbonyl (C=O) groups excluding carboxylic acids is 1. The monoisotopic (exact) mass is 386 g/mol. The number of nitrogens with zero attached hydrogens (tertiary/aromatic N) is 1. The highest BCUT2D eigenvalue weighted by Crippen LogP contribution is 2.26. The van der Waals surface area contributed by atoms with E-state index in [0.29, 0.717) is 22.2 Å². The van der Waals surface area contributed by atoms with Gasteiger partial charge in [-0.15, -0.1) is 0 Å². The molecular weight excluding hydrogens is 368 g/mol. The zero-order valence-electron chi connectivity index (χ0n) is 14.9. The Hall–Kier alpha value is -2.83. The highest BCUT2D eigenvalue weighted by Gasteiger charge is 2.22. The van der Waals surface area contributed by atoms with Crippen LogP contribution >= 0.6 is 11.6 Å². The van der Waals surface area contributed by atoms with Gasteiger partial charge in [0.1, 0.15) is 11.8 Å². The van der Waals surface area contributed by atoms with Crippen LogP contribution in [-0.4, -0.2) is 23.2 Å². The Kier molecular flexibility index (Phi) is 5.78. The number of aromatic hydroxyl groups is 1. The van der Waals surface area contributed by atoms with Crippen LogP contribution in [0.1, 0.15) is 23.2 Å². The Labute approximate surface area is 161 Å². The number of carbonyl (C=O) groups is 1. The Bertz CT molecular complexity index is 937. The quantitative estimate of drug-likeness (QED) is 0.622. The first-order chi connectivity index (χ1) is 13.0. The molecule has 0 spiro atoms. The molecule has 0 bridgehead atoms. The summed E-state index contributed by atoms with van der Waals surface area (Å²) in [4.78, 5) is 16.6. The summed E-state index contributed by atoms with van der Waals surface area (Å²) in [6, 6.07) is 13.0. The predicted octanol–water partition coefficient (Wildman–Crippen LogP) is 4.01. The molecule has 0 amide bonds. The lowest BCUT2D eigenvalue weighted by molar-refractivity contribution is -0.143. The third-order valence-electron chi connectivity index (χ3n) is 4.05. The third kappa shape index (κ3) is 4.48. The van der Waals surface area contributed by atoms with Gasteiger partial charge in [-0.1, -0.05) is 23.7 Å². The molecule has 1 unspecified atom stereocenters. The standard InChI is InChI=1S/C20H19ClN2O4/c1-12-19(13-6-8-15(21)9-7-13)27-17(23-12)11-22-18(20(25)26-2)14-4-3-5-16(24)10-14/h3-10,18,22,24H,11H2,1-2H3. The maximum atomic E-state index is 12.1. The fourth-order valence-electron chi connectivity index (χ4n) is 2.75. The lowest BCUT2D eigenvalue weighted by Crippen LogP contribution is -2.29. The van der Waals surface area contributed by atoms with Crippen molar-refractivity contribution in [2.75, 3.05) is 7.11 Å². The Morgan fingerprint density at radius 2 is 2.04 bits per heavy atom. The molecule has 6 nitrogen and oxygen atoms in total. The van der Waals surface area contributed by atoms with Gasteiger partial charge in [0.15, 0.2) is 5.76 Å². The lowest BCUT2D eigenvalue weighted by atomic mass is 10.1. The maximum absolute atomic E-state index is 12.1. The van der Waals surface area contributed by atoms with E-state index >= 15 is 0 Å². The van der Waals surface area contributed by atoms with Gasteiger partial charge in [-0.2, -0.15) is 0 Å². The number of ether oxygens (including phenoxy) is 1. The van der Waals surface area contributed by atoms with Crippen LogP contribution in [0.3, 0.4) is 0 Å². The summed E-state index contributed by atoms with van der Waals surface area (Å²) >= 11 is 5.92. The highest BCUT2D eigenvalue weighted by molar-refractivity contribution is 6.30. The fraction of sp³-hybridized carbons (Fsp3) is 0.200. The van der Waals surface area contributed by atoms with E-state index in [0.717, 1.165) is 11.3 Å². The zero-order chi connectivity index (χ0) is 19.4. The molecule has 0 saturated heterocycles. The van der Waals surface area contributed by atoms with E-state index in [2.05, 4.69) is 10.3 Å². The number of nitrogens with one attached hydrogen (secondary N) is 1. The number of hydrogen-bond acceptors (Lipinski definition) is 6. The van der Waals surface area contributed by atoms with Gasteiger partial charge in [0.25, 0.3) is 0 Å². The van der Waals surface area contributed by atoms with E-state index in [1.807, 2.05) is 19.1 Å². The maximum Gasteiger partial charge on any atom is 0.327 e. The Morgan fingerprint density at radius 3 is 2.70 bits per heavy atom. The van der Waals surface area contributed by atoms with Crippen molar-refractivity contribution in [3.8, 4) is 17.1 Å². The average molecular weight is 387 g/mol. The second kappa shape index (κ2) is 8.24. The summed E-state index contributed by atoms with van der Waals surface area (Å²) < 4.78 is 10.7. The Morgan fingerprint density at radius 1 is 1.30 bits per heavy atom. The molecule has 0 aliphatic carbocycles. The first-order valence-corrected chi connectivity index (χ1v) is 8.68. The van der Waals surface area contributed by atoms with Crippen LogP contribution < -0.4 is 5.32 Å². The van der Waals surface area contributed by atoms with Gasteiger partial charge in [0, 0.05) is 10.6 Å². The number of halogens is 1. The van der Waals surface area contributed by atoms with Crippen LogP contribution in [0.2, 0.25) is 5.02 Å². The van der Waals surface area contributed by atoms with Crippen molar-refractivity contribution in [1.82, 2.24) is 10.3 Å². The van der Waals surface area contributed by atoms with Crippen LogP contribution in [0, 0.1) is 6.92 Å². The van der Waals surface area contributed by atoms with Gasteiger partial charge < -0.3 is 14.3 Å². The number of hydrogen-bond donors (Lipinski definition) is 2. The van der Waals surface area contributed by atoms with Crippen molar-refractivity contribution in [3.05, 3.63) is 70.7 Å². The number of phenolic OH excluding ortho intramolecular Hbond substituents is 1. The first-order valence-electron chi connectivity index (χ1n) is 8.30. The van der Waals surface area contributed by atoms with Gasteiger partial charge in [-0.05, 0) is 48.9 Å². The number of oxazole rings is 1. The number of benzene rings is 2. The molecule has 27 heavy (non-hydrogen) atoms. The molecule has 0 fully saturated rings. The molecule has 3 aromatic rings. The normalized spacial score (nSPS) is 12.0. The minimum absolute atomic E-state index is 0.0696. The van der Waals surface area contributed by atoms with Crippen molar-refractivity contribution in [2.24, 2.45) is 0 Å². The largest absolute Gasteiger partial charge is 0.508 e. The number of aromatic nitrogens is 1. The minimum atomic E-state index is -0.756. The van der Waals surface area contributed by atoms with Crippen LogP contribution in [0.5, 0.6) is 5.75 Å². The molecule has 7 heteroatoms. The second-order valence-electron chi connectivity index (χ2n) is 5.96. The second-order valence-corrected chi connectivity index (χ2v) is 6.40. The summed E-state index contributed by atoms with van der Waals surface area (Å²) in [5.74, 6) is 0.684. The van der Waals surface area contributed by atoms with Gasteiger partial charge in [0.2, 0.25) is 5.89 Å². The lowest BCUT2D eigenvalue weighted by Gasteiger charge is -2.16. The number of methoxy groups -OCH3 is 1. The first kappa shape index (κ1) is 18.9. The third-order valence-corrected chi connectivity index (χ3v) is 4.30. The fourth-order valence-corrected chi connectivity index (χ4v) is 2.87. The molecule has 3 rings (SSSR count). The summed E-state index contributed by atoms with van der Waals surface area (Å²) in [5, 5.41) is 13.4. The van der Waals surface area contributed by atoms with E-state index in [1.165, 1.54) is 19.2 Å². The van der Waals surface area contributed by atoms with Gasteiger partial charge in [0.05, 0.1) is 19.3 Å². The molecule has 0 radical (unpaired) electrons. The smallest absolute Gasteiger partial charge is 0.327 e. The van der Waals surface area contributed by atoms with Crippen molar-refractivity contribution in [3.63, 3.8) is 0 Å². The summed E-state index contributed by atoms with van der Waals surface area (Å²) in [6.45, 7) is 2.06. The molecule has 2 N–H and O–H groups in total. The van der Waals surface area contributed by atoms with Crippen LogP contribution in [0.25, 0.3) is 11.3 Å². The van der Waals surface area contributed by atoms with Gasteiger partial charge in [-0.3, -0.25) is 5.32 Å². The van der Waals surface area contributed by atoms with E-state index in [9.17, 15) is 9.90 Å². The van der Waals surface area contributed by atoms with Crippen LogP contribution in [-0.2, 0) is 16.1 Å². The molecule has 0 aliphatic heterocycles. The summed E-state index contributed by atoms with van der Waals surface area (Å²) in [6.07, 6.45) is 0. The van der Waals surface area contributed by atoms with Crippen molar-refractivity contribution in [2.45, 2.75) is 19.5 Å². The number of aryl methyl sites for hydroxylation is 1. The molecule has 1 aromatic heterocycles. The zero-order valence-corrected chi connectivity index (χ0v) is 15.7. The molecule has 140 valence electrons. The molecular formula is C20H19ClN2O4. The molecule has 1 heterocycles. The molecule has 0 saturated carbocycles. The minimum Gasteiger partial charge on any atom is -0.508 e. The molecule has 1 atom stereocenters. The van der Waals surface area contributed by atoms with Gasteiger partial charge >= 0.3 is 5.97 Å². The van der Waals surface area contributed by atoms with Crippen LogP contribution in [0.15, 0.2) is 52.9 Å². The topological polar surface area (TPSA) is 84.6 Å². The van der Waals surface area contributed by atoms with Crippen molar-refractivity contribution in [1.29, 1.82) is 0 Å². The SMILES string of the molecule is COC(=O)C(NCc1nc(C)c(-c2ccc(Cl)cc2)o1)c1cccc(O)c1. The highest BCUT2D eigenvalue weighted by atomic mass is 35.5. The number of esters is 1. The van der Waals surface area contributed by atoms with E-state index in [4.69, 9.17) is 20.8 Å².